The standard InChI is InChI=1S/C14H17F3N2O4S2.Li/c1-3-11(8-10(2)9-18)12-4-6-13(7-5-12)24(20,21)19-25(22,23-17)14(15)16;/h4-7,10-11,14H,3,8H2,1-2H3;/q;+1. The monoisotopic (exact) mass is 405 g/mol. The van der Waals surface area contributed by atoms with Crippen LogP contribution >= 0.6 is 0 Å². The summed E-state index contributed by atoms with van der Waals surface area (Å²) < 4.78 is 77.1. The van der Waals surface area contributed by atoms with Gasteiger partial charge in [0.1, 0.15) is 0 Å². The van der Waals surface area contributed by atoms with Crippen LogP contribution < -0.4 is 18.9 Å². The van der Waals surface area contributed by atoms with Crippen molar-refractivity contribution in [3.05, 3.63) is 29.8 Å². The van der Waals surface area contributed by atoms with Crippen molar-refractivity contribution in [2.45, 2.75) is 43.3 Å². The van der Waals surface area contributed by atoms with Crippen LogP contribution in [0.25, 0.3) is 0 Å². The molecule has 1 aromatic carbocycles. The predicted octanol–water partition coefficient (Wildman–Crippen LogP) is 0.929. The zero-order chi connectivity index (χ0) is 19.3. The Morgan fingerprint density at radius 3 is 2.15 bits per heavy atom. The SMILES string of the molecule is CCC(CC(C)C#N)c1ccc(S(=O)(=O)N=S(=O)(OF)C(F)F)cc1.[Li+]. The van der Waals surface area contributed by atoms with E-state index in [9.17, 15) is 25.9 Å². The fourth-order valence-electron chi connectivity index (χ4n) is 2.18. The van der Waals surface area contributed by atoms with Gasteiger partial charge < -0.3 is 0 Å². The summed E-state index contributed by atoms with van der Waals surface area (Å²) in [5, 5.41) is 8.88. The number of sulfonamides is 1. The second-order valence-corrected chi connectivity index (χ2v) is 8.86. The Balaban J connectivity index is 0.00000625. The normalized spacial score (nSPS) is 16.0. The van der Waals surface area contributed by atoms with Crippen molar-refractivity contribution >= 4 is 20.0 Å². The molecule has 0 aliphatic heterocycles. The number of hydrogen-bond acceptors (Lipinski definition) is 5. The number of rotatable bonds is 8. The minimum atomic E-state index is -5.30. The van der Waals surface area contributed by atoms with Crippen molar-refractivity contribution in [1.82, 2.24) is 0 Å². The van der Waals surface area contributed by atoms with E-state index in [2.05, 4.69) is 14.2 Å². The first-order valence-corrected chi connectivity index (χ1v) is 10.1. The number of benzene rings is 1. The van der Waals surface area contributed by atoms with Crippen LogP contribution in [0.2, 0.25) is 0 Å². The summed E-state index contributed by atoms with van der Waals surface area (Å²) in [5.74, 6) is -4.12. The molecule has 0 aliphatic rings. The molecule has 6 nitrogen and oxygen atoms in total. The van der Waals surface area contributed by atoms with Crippen LogP contribution in [0.15, 0.2) is 32.9 Å². The first kappa shape index (κ1) is 25.0. The number of nitrogens with zero attached hydrogens (tertiary/aromatic N) is 2. The number of alkyl halides is 2. The van der Waals surface area contributed by atoms with Crippen molar-refractivity contribution in [2.75, 3.05) is 0 Å². The van der Waals surface area contributed by atoms with Crippen molar-refractivity contribution in [2.24, 2.45) is 9.69 Å². The summed E-state index contributed by atoms with van der Waals surface area (Å²) in [4.78, 5) is -0.523. The average molecular weight is 405 g/mol. The molecule has 0 saturated carbocycles. The van der Waals surface area contributed by atoms with Crippen LogP contribution in [0.4, 0.5) is 13.3 Å². The smallest absolute Gasteiger partial charge is 0.211 e. The minimum absolute atomic E-state index is 0. The van der Waals surface area contributed by atoms with E-state index in [1.54, 1.807) is 6.92 Å². The van der Waals surface area contributed by atoms with Gasteiger partial charge in [-0.05, 0) is 47.9 Å². The molecule has 0 aliphatic carbocycles. The fraction of sp³-hybridized carbons (Fsp3) is 0.500. The molecule has 1 rings (SSSR count). The van der Waals surface area contributed by atoms with E-state index >= 15 is 0 Å². The maximum absolute atomic E-state index is 12.5. The van der Waals surface area contributed by atoms with Gasteiger partial charge in [-0.25, -0.2) is 4.21 Å². The van der Waals surface area contributed by atoms with Gasteiger partial charge in [0.05, 0.1) is 11.0 Å². The minimum Gasteiger partial charge on any atom is -0.211 e. The quantitative estimate of drug-likeness (QED) is 0.600. The van der Waals surface area contributed by atoms with Gasteiger partial charge in [-0.2, -0.15) is 22.5 Å². The van der Waals surface area contributed by atoms with E-state index in [1.165, 1.54) is 12.1 Å². The summed E-state index contributed by atoms with van der Waals surface area (Å²) in [6.07, 6.45) is 1.27. The average Bonchev–Trinajstić information content (AvgIpc) is 2.58. The van der Waals surface area contributed by atoms with Gasteiger partial charge in [-0.3, -0.25) is 0 Å². The molecule has 3 unspecified atom stereocenters. The molecule has 0 heterocycles. The Hall–Kier alpha value is -1.04. The van der Waals surface area contributed by atoms with Gasteiger partial charge in [0, 0.05) is 5.92 Å². The fourth-order valence-corrected chi connectivity index (χ4v) is 4.51. The van der Waals surface area contributed by atoms with Crippen LogP contribution in [0.1, 0.15) is 38.2 Å². The van der Waals surface area contributed by atoms with Gasteiger partial charge in [-0.1, -0.05) is 27.2 Å². The second-order valence-electron chi connectivity index (χ2n) is 5.33. The summed E-state index contributed by atoms with van der Waals surface area (Å²) in [6, 6.07) is 7.20. The molecule has 0 bridgehead atoms. The van der Waals surface area contributed by atoms with Gasteiger partial charge in [0.25, 0.3) is 20.0 Å². The molecule has 0 radical (unpaired) electrons. The van der Waals surface area contributed by atoms with E-state index in [-0.39, 0.29) is 30.7 Å². The number of nitriles is 1. The van der Waals surface area contributed by atoms with E-state index in [0.717, 1.165) is 17.7 Å². The van der Waals surface area contributed by atoms with Gasteiger partial charge in [0.2, 0.25) is 0 Å². The Kier molecular flexibility index (Phi) is 9.92. The van der Waals surface area contributed by atoms with Crippen molar-refractivity contribution in [1.29, 1.82) is 5.26 Å². The molecule has 0 fully saturated rings. The third-order valence-corrected chi connectivity index (χ3v) is 6.63. The zero-order valence-corrected chi connectivity index (χ0v) is 16.1. The van der Waals surface area contributed by atoms with Crippen LogP contribution in [0.5, 0.6) is 0 Å². The maximum atomic E-state index is 12.5. The van der Waals surface area contributed by atoms with Gasteiger partial charge in [0.15, 0.2) is 0 Å². The molecule has 0 spiro atoms. The molecule has 0 aromatic heterocycles. The Morgan fingerprint density at radius 2 is 1.77 bits per heavy atom. The summed E-state index contributed by atoms with van der Waals surface area (Å²) in [7, 11) is -10.1. The predicted molar refractivity (Wildman–Crippen MR) is 84.8 cm³/mol. The molecular formula is C14H17F3LiN2O4S2+. The summed E-state index contributed by atoms with van der Waals surface area (Å²) >= 11 is 0. The van der Waals surface area contributed by atoms with E-state index in [1.807, 2.05) is 6.92 Å². The Labute approximate surface area is 163 Å². The first-order valence-electron chi connectivity index (χ1n) is 7.19. The molecule has 26 heavy (non-hydrogen) atoms. The second kappa shape index (κ2) is 10.3. The van der Waals surface area contributed by atoms with E-state index in [0.29, 0.717) is 12.8 Å². The van der Waals surface area contributed by atoms with Gasteiger partial charge >= 0.3 is 24.6 Å². The molecule has 12 heteroatoms. The molecule has 3 atom stereocenters. The van der Waals surface area contributed by atoms with Crippen LogP contribution in [0.3, 0.4) is 0 Å². The van der Waals surface area contributed by atoms with E-state index in [4.69, 9.17) is 5.26 Å². The first-order chi connectivity index (χ1) is 11.6. The Bertz CT molecular complexity index is 848. The Morgan fingerprint density at radius 1 is 1.23 bits per heavy atom. The van der Waals surface area contributed by atoms with Crippen molar-refractivity contribution in [3.8, 4) is 6.07 Å². The summed E-state index contributed by atoms with van der Waals surface area (Å²) in [6.45, 7) is 3.67. The third kappa shape index (κ3) is 6.29. The molecule has 0 N–H and O–H groups in total. The molecular weight excluding hydrogens is 388 g/mol. The van der Waals surface area contributed by atoms with Crippen LogP contribution in [-0.4, -0.2) is 18.4 Å². The topological polar surface area (TPSA) is 96.6 Å². The third-order valence-electron chi connectivity index (χ3n) is 3.52. The number of hydrogen-bond donors (Lipinski definition) is 0. The van der Waals surface area contributed by atoms with Crippen LogP contribution in [-0.2, 0) is 24.4 Å². The largest absolute Gasteiger partial charge is 1.00 e. The molecule has 0 saturated heterocycles. The van der Waals surface area contributed by atoms with Gasteiger partial charge in [-0.15, -0.1) is 0 Å². The van der Waals surface area contributed by atoms with Crippen LogP contribution in [0, 0.1) is 17.2 Å². The van der Waals surface area contributed by atoms with Crippen molar-refractivity contribution in [3.63, 3.8) is 0 Å². The molecule has 1 aromatic rings. The zero-order valence-electron chi connectivity index (χ0n) is 14.4. The molecule has 140 valence electrons. The summed E-state index contributed by atoms with van der Waals surface area (Å²) in [5.41, 5.74) is 0.750. The van der Waals surface area contributed by atoms with Crippen molar-refractivity contribution < 1.29 is 49.2 Å². The van der Waals surface area contributed by atoms with E-state index < -0.39 is 30.7 Å². The maximum Gasteiger partial charge on any atom is 1.00 e. The number of halogens is 3. The molecule has 0 amide bonds.